The van der Waals surface area contributed by atoms with Crippen molar-refractivity contribution < 1.29 is 18.7 Å². The summed E-state index contributed by atoms with van der Waals surface area (Å²) in [5.41, 5.74) is 0.285. The van der Waals surface area contributed by atoms with E-state index in [2.05, 4.69) is 0 Å². The summed E-state index contributed by atoms with van der Waals surface area (Å²) < 4.78 is 23.4. The minimum atomic E-state index is -0.566. The molecule has 1 aromatic rings. The second-order valence-corrected chi connectivity index (χ2v) is 4.45. The molecule has 0 saturated carbocycles. The zero-order chi connectivity index (χ0) is 15.7. The van der Waals surface area contributed by atoms with E-state index in [4.69, 9.17) is 14.7 Å². The van der Waals surface area contributed by atoms with Crippen LogP contribution in [0.3, 0.4) is 0 Å². The summed E-state index contributed by atoms with van der Waals surface area (Å²) >= 11 is 0. The van der Waals surface area contributed by atoms with E-state index in [1.54, 1.807) is 7.11 Å². The molecule has 0 radical (unpaired) electrons. The molecule has 5 nitrogen and oxygen atoms in total. The second-order valence-electron chi connectivity index (χ2n) is 4.45. The SMILES string of the molecule is COCCN(CCC#N)CC(=O)c1ccc(OC)c(F)c1. The number of rotatable bonds is 9. The van der Waals surface area contributed by atoms with E-state index in [1.165, 1.54) is 25.3 Å². The number of benzene rings is 1. The number of ether oxygens (including phenoxy) is 2. The van der Waals surface area contributed by atoms with Gasteiger partial charge in [0.2, 0.25) is 0 Å². The number of halogens is 1. The van der Waals surface area contributed by atoms with Crippen LogP contribution in [-0.2, 0) is 4.74 Å². The smallest absolute Gasteiger partial charge is 0.176 e. The summed E-state index contributed by atoms with van der Waals surface area (Å²) in [6.45, 7) is 1.61. The lowest BCUT2D eigenvalue weighted by Crippen LogP contribution is -2.33. The van der Waals surface area contributed by atoms with Gasteiger partial charge in [-0.15, -0.1) is 0 Å². The minimum absolute atomic E-state index is 0.104. The highest BCUT2D eigenvalue weighted by atomic mass is 19.1. The molecule has 0 aliphatic heterocycles. The molecule has 0 fully saturated rings. The van der Waals surface area contributed by atoms with Gasteiger partial charge >= 0.3 is 0 Å². The Balaban J connectivity index is 2.71. The van der Waals surface area contributed by atoms with Crippen LogP contribution in [0, 0.1) is 17.1 Å². The first-order valence-corrected chi connectivity index (χ1v) is 6.57. The van der Waals surface area contributed by atoms with Crippen molar-refractivity contribution in [2.75, 3.05) is 40.5 Å². The van der Waals surface area contributed by atoms with Crippen molar-refractivity contribution in [2.45, 2.75) is 6.42 Å². The molecule has 0 unspecified atom stereocenters. The van der Waals surface area contributed by atoms with E-state index in [1.807, 2.05) is 11.0 Å². The summed E-state index contributed by atoms with van der Waals surface area (Å²) in [7, 11) is 2.94. The van der Waals surface area contributed by atoms with Crippen LogP contribution in [0.15, 0.2) is 18.2 Å². The quantitative estimate of drug-likeness (QED) is 0.651. The van der Waals surface area contributed by atoms with Crippen LogP contribution in [0.25, 0.3) is 0 Å². The highest BCUT2D eigenvalue weighted by molar-refractivity contribution is 5.97. The van der Waals surface area contributed by atoms with Crippen LogP contribution in [0.4, 0.5) is 4.39 Å². The van der Waals surface area contributed by atoms with Crippen molar-refractivity contribution in [3.05, 3.63) is 29.6 Å². The van der Waals surface area contributed by atoms with E-state index in [-0.39, 0.29) is 23.6 Å². The van der Waals surface area contributed by atoms with Gasteiger partial charge in [-0.2, -0.15) is 5.26 Å². The zero-order valence-electron chi connectivity index (χ0n) is 12.3. The number of carbonyl (C=O) groups is 1. The lowest BCUT2D eigenvalue weighted by Gasteiger charge is -2.19. The molecular formula is C15H19FN2O3. The predicted molar refractivity (Wildman–Crippen MR) is 75.8 cm³/mol. The summed E-state index contributed by atoms with van der Waals surface area (Å²) in [6, 6.07) is 6.17. The molecule has 0 heterocycles. The number of hydrogen-bond acceptors (Lipinski definition) is 5. The summed E-state index contributed by atoms with van der Waals surface area (Å²) in [4.78, 5) is 14.0. The molecule has 0 N–H and O–H groups in total. The molecule has 0 saturated heterocycles. The molecular weight excluding hydrogens is 275 g/mol. The van der Waals surface area contributed by atoms with E-state index in [9.17, 15) is 9.18 Å². The van der Waals surface area contributed by atoms with Gasteiger partial charge < -0.3 is 9.47 Å². The Labute approximate surface area is 123 Å². The van der Waals surface area contributed by atoms with Crippen LogP contribution in [-0.4, -0.2) is 51.1 Å². The predicted octanol–water partition coefficient (Wildman–Crippen LogP) is 1.88. The summed E-state index contributed by atoms with van der Waals surface area (Å²) in [6.07, 6.45) is 0.327. The number of ketones is 1. The minimum Gasteiger partial charge on any atom is -0.494 e. The largest absolute Gasteiger partial charge is 0.494 e. The van der Waals surface area contributed by atoms with E-state index in [0.717, 1.165) is 0 Å². The number of hydrogen-bond donors (Lipinski definition) is 0. The first-order chi connectivity index (χ1) is 10.1. The van der Waals surface area contributed by atoms with Crippen LogP contribution in [0.2, 0.25) is 0 Å². The second kappa shape index (κ2) is 9.06. The molecule has 6 heteroatoms. The average molecular weight is 294 g/mol. The number of nitrogens with zero attached hydrogens (tertiary/aromatic N) is 2. The number of nitriles is 1. The molecule has 1 rings (SSSR count). The fourth-order valence-corrected chi connectivity index (χ4v) is 1.83. The molecule has 114 valence electrons. The first-order valence-electron chi connectivity index (χ1n) is 6.57. The van der Waals surface area contributed by atoms with Gasteiger partial charge in [0.15, 0.2) is 17.3 Å². The van der Waals surface area contributed by atoms with Crippen LogP contribution in [0.5, 0.6) is 5.75 Å². The molecule has 0 spiro atoms. The Morgan fingerprint density at radius 3 is 2.71 bits per heavy atom. The standard InChI is InChI=1S/C15H19FN2O3/c1-20-9-8-18(7-3-6-17)11-14(19)12-4-5-15(21-2)13(16)10-12/h4-5,10H,3,7-9,11H2,1-2H3. The van der Waals surface area contributed by atoms with Gasteiger partial charge in [0.1, 0.15) is 0 Å². The van der Waals surface area contributed by atoms with Crippen molar-refractivity contribution in [2.24, 2.45) is 0 Å². The molecule has 0 aliphatic carbocycles. The lowest BCUT2D eigenvalue weighted by molar-refractivity contribution is 0.0898. The maximum atomic E-state index is 13.6. The number of Topliss-reactive ketones (excluding diaryl/α,β-unsaturated/α-hetero) is 1. The molecule has 0 bridgehead atoms. The molecule has 0 aromatic heterocycles. The third kappa shape index (κ3) is 5.50. The zero-order valence-corrected chi connectivity index (χ0v) is 12.3. The number of methoxy groups -OCH3 is 2. The van der Waals surface area contributed by atoms with Gasteiger partial charge in [-0.25, -0.2) is 4.39 Å². The maximum absolute atomic E-state index is 13.6. The Morgan fingerprint density at radius 1 is 1.38 bits per heavy atom. The average Bonchev–Trinajstić information content (AvgIpc) is 2.49. The van der Waals surface area contributed by atoms with Crippen LogP contribution < -0.4 is 4.74 Å². The van der Waals surface area contributed by atoms with Crippen molar-refractivity contribution in [1.29, 1.82) is 5.26 Å². The highest BCUT2D eigenvalue weighted by Gasteiger charge is 2.14. The molecule has 0 atom stereocenters. The number of carbonyl (C=O) groups excluding carboxylic acids is 1. The van der Waals surface area contributed by atoms with Crippen molar-refractivity contribution in [3.8, 4) is 11.8 Å². The van der Waals surface area contributed by atoms with Crippen LogP contribution in [0.1, 0.15) is 16.8 Å². The van der Waals surface area contributed by atoms with Crippen LogP contribution >= 0.6 is 0 Å². The molecule has 0 amide bonds. The molecule has 21 heavy (non-hydrogen) atoms. The molecule has 0 aliphatic rings. The normalized spacial score (nSPS) is 10.4. The Hall–Kier alpha value is -1.97. The van der Waals surface area contributed by atoms with E-state index >= 15 is 0 Å². The van der Waals surface area contributed by atoms with Crippen molar-refractivity contribution in [1.82, 2.24) is 4.90 Å². The summed E-state index contributed by atoms with van der Waals surface area (Å²) in [5.74, 6) is -0.665. The monoisotopic (exact) mass is 294 g/mol. The topological polar surface area (TPSA) is 62.6 Å². The van der Waals surface area contributed by atoms with Gasteiger partial charge in [-0.05, 0) is 18.2 Å². The third-order valence-electron chi connectivity index (χ3n) is 2.99. The fraction of sp³-hybridized carbons (Fsp3) is 0.467. The maximum Gasteiger partial charge on any atom is 0.176 e. The van der Waals surface area contributed by atoms with Gasteiger partial charge in [-0.1, -0.05) is 0 Å². The fourth-order valence-electron chi connectivity index (χ4n) is 1.83. The van der Waals surface area contributed by atoms with Crippen molar-refractivity contribution in [3.63, 3.8) is 0 Å². The van der Waals surface area contributed by atoms with Gasteiger partial charge in [0.05, 0.1) is 26.3 Å². The Morgan fingerprint density at radius 2 is 2.14 bits per heavy atom. The summed E-state index contributed by atoms with van der Waals surface area (Å²) in [5, 5.41) is 8.63. The molecule has 1 aromatic carbocycles. The van der Waals surface area contributed by atoms with Crippen molar-refractivity contribution >= 4 is 5.78 Å². The first kappa shape index (κ1) is 17.1. The van der Waals surface area contributed by atoms with E-state index in [0.29, 0.717) is 26.1 Å². The van der Waals surface area contributed by atoms with Gasteiger partial charge in [-0.3, -0.25) is 9.69 Å². The lowest BCUT2D eigenvalue weighted by atomic mass is 10.1. The van der Waals surface area contributed by atoms with Gasteiger partial charge in [0.25, 0.3) is 0 Å². The Bertz CT molecular complexity index is 514. The van der Waals surface area contributed by atoms with E-state index < -0.39 is 5.82 Å². The Kier molecular flexibility index (Phi) is 7.37. The third-order valence-corrected chi connectivity index (χ3v) is 2.99. The highest BCUT2D eigenvalue weighted by Crippen LogP contribution is 2.18. The van der Waals surface area contributed by atoms with Gasteiger partial charge in [0, 0.05) is 32.2 Å².